The molecule has 2 aromatic rings. The summed E-state index contributed by atoms with van der Waals surface area (Å²) in [6.07, 6.45) is 0.253. The van der Waals surface area contributed by atoms with Crippen molar-refractivity contribution in [2.24, 2.45) is 0 Å². The van der Waals surface area contributed by atoms with Crippen LogP contribution in [0, 0.1) is 6.08 Å². The minimum atomic E-state index is -3.29. The van der Waals surface area contributed by atoms with Crippen LogP contribution in [0.1, 0.15) is 5.56 Å². The molecular weight excluding hydrogens is 319 g/mol. The zero-order valence-electron chi connectivity index (χ0n) is 10.8. The number of fused-ring (bicyclic) bond motifs is 1. The third-order valence-electron chi connectivity index (χ3n) is 3.15. The van der Waals surface area contributed by atoms with Crippen LogP contribution in [0.3, 0.4) is 0 Å². The van der Waals surface area contributed by atoms with Gasteiger partial charge in [-0.05, 0) is 23.8 Å². The number of halogens is 2. The van der Waals surface area contributed by atoms with Crippen molar-refractivity contribution in [3.05, 3.63) is 41.1 Å². The molecule has 1 aromatic carbocycles. The Hall–Kier alpha value is -1.93. The average Bonchev–Trinajstić information content (AvgIpc) is 2.64. The summed E-state index contributed by atoms with van der Waals surface area (Å²) in [6, 6.07) is 5.02. The van der Waals surface area contributed by atoms with Crippen LogP contribution in [0.2, 0.25) is 5.02 Å². The van der Waals surface area contributed by atoms with Gasteiger partial charge in [-0.2, -0.15) is 9.37 Å². The molecule has 1 aliphatic rings. The SMILES string of the molecule is CN1c2ccc(Nc3nc(F)ncc3Cl)cc2CS1(=O)=O. The molecule has 1 aliphatic heterocycles. The Morgan fingerprint density at radius 3 is 2.95 bits per heavy atom. The molecule has 9 heteroatoms. The number of anilines is 3. The van der Waals surface area contributed by atoms with Crippen molar-refractivity contribution >= 4 is 38.8 Å². The summed E-state index contributed by atoms with van der Waals surface area (Å²) >= 11 is 5.87. The van der Waals surface area contributed by atoms with Crippen LogP contribution in [0.5, 0.6) is 0 Å². The zero-order chi connectivity index (χ0) is 15.2. The standard InChI is InChI=1S/C12H10ClFN4O2S/c1-18-10-3-2-8(4-7(10)6-21(18,19)20)16-11-9(13)5-15-12(14)17-11/h2-5H,6H2,1H3,(H,15,16,17). The number of hydrogen-bond donors (Lipinski definition) is 1. The van der Waals surface area contributed by atoms with Crippen LogP contribution in [-0.2, 0) is 15.8 Å². The molecule has 6 nitrogen and oxygen atoms in total. The highest BCUT2D eigenvalue weighted by atomic mass is 35.5. The van der Waals surface area contributed by atoms with Crippen molar-refractivity contribution in [2.45, 2.75) is 5.75 Å². The second-order valence-electron chi connectivity index (χ2n) is 4.53. The highest BCUT2D eigenvalue weighted by molar-refractivity contribution is 7.92. The summed E-state index contributed by atoms with van der Waals surface area (Å²) in [5.41, 5.74) is 1.85. The highest BCUT2D eigenvalue weighted by Gasteiger charge is 2.30. The van der Waals surface area contributed by atoms with Gasteiger partial charge in [0.15, 0.2) is 5.82 Å². The van der Waals surface area contributed by atoms with Gasteiger partial charge in [0, 0.05) is 12.7 Å². The Morgan fingerprint density at radius 1 is 1.43 bits per heavy atom. The smallest absolute Gasteiger partial charge is 0.310 e. The highest BCUT2D eigenvalue weighted by Crippen LogP contribution is 2.35. The molecular formula is C12H10ClFN4O2S. The van der Waals surface area contributed by atoms with E-state index in [1.54, 1.807) is 18.2 Å². The third-order valence-corrected chi connectivity index (χ3v) is 5.13. The quantitative estimate of drug-likeness (QED) is 0.856. The monoisotopic (exact) mass is 328 g/mol. The number of aromatic nitrogens is 2. The van der Waals surface area contributed by atoms with E-state index in [0.717, 1.165) is 6.20 Å². The number of nitrogens with zero attached hydrogens (tertiary/aromatic N) is 3. The molecule has 0 aliphatic carbocycles. The van der Waals surface area contributed by atoms with Crippen molar-refractivity contribution in [1.82, 2.24) is 9.97 Å². The average molecular weight is 329 g/mol. The maximum Gasteiger partial charge on any atom is 0.310 e. The van der Waals surface area contributed by atoms with Gasteiger partial charge in [0.25, 0.3) is 0 Å². The summed E-state index contributed by atoms with van der Waals surface area (Å²) in [5, 5.41) is 3.02. The third kappa shape index (κ3) is 2.52. The molecule has 110 valence electrons. The van der Waals surface area contributed by atoms with Gasteiger partial charge in [-0.1, -0.05) is 11.6 Å². The number of hydrogen-bond acceptors (Lipinski definition) is 5. The number of benzene rings is 1. The maximum atomic E-state index is 13.0. The summed E-state index contributed by atoms with van der Waals surface area (Å²) in [6.45, 7) is 0. The van der Waals surface area contributed by atoms with E-state index in [0.29, 0.717) is 16.9 Å². The molecule has 3 rings (SSSR count). The molecule has 0 saturated heterocycles. The van der Waals surface area contributed by atoms with Gasteiger partial charge in [0.05, 0.1) is 17.6 Å². The Kier molecular flexibility index (Phi) is 3.22. The summed E-state index contributed by atoms with van der Waals surface area (Å²) in [7, 11) is -1.79. The van der Waals surface area contributed by atoms with E-state index in [2.05, 4.69) is 15.3 Å². The van der Waals surface area contributed by atoms with Gasteiger partial charge in [-0.25, -0.2) is 13.4 Å². The van der Waals surface area contributed by atoms with Crippen molar-refractivity contribution in [3.8, 4) is 0 Å². The van der Waals surface area contributed by atoms with Gasteiger partial charge in [0.1, 0.15) is 5.02 Å². The lowest BCUT2D eigenvalue weighted by Crippen LogP contribution is -2.20. The number of nitrogens with one attached hydrogen (secondary N) is 1. The van der Waals surface area contributed by atoms with Crippen LogP contribution in [0.4, 0.5) is 21.6 Å². The van der Waals surface area contributed by atoms with E-state index < -0.39 is 16.1 Å². The Labute approximate surface area is 125 Å². The predicted octanol–water partition coefficient (Wildman–Crippen LogP) is 2.29. The first-order valence-electron chi connectivity index (χ1n) is 5.91. The zero-order valence-corrected chi connectivity index (χ0v) is 12.4. The normalized spacial score (nSPS) is 15.9. The van der Waals surface area contributed by atoms with Crippen molar-refractivity contribution in [2.75, 3.05) is 16.7 Å². The van der Waals surface area contributed by atoms with Crippen molar-refractivity contribution in [3.63, 3.8) is 0 Å². The Morgan fingerprint density at radius 2 is 2.19 bits per heavy atom. The van der Waals surface area contributed by atoms with Crippen molar-refractivity contribution in [1.29, 1.82) is 0 Å². The minimum Gasteiger partial charge on any atom is -0.339 e. The molecule has 0 radical (unpaired) electrons. The van der Waals surface area contributed by atoms with Gasteiger partial charge >= 0.3 is 6.08 Å². The molecule has 1 aromatic heterocycles. The first kappa shape index (κ1) is 14.0. The summed E-state index contributed by atoms with van der Waals surface area (Å²) in [4.78, 5) is 6.89. The molecule has 21 heavy (non-hydrogen) atoms. The first-order valence-corrected chi connectivity index (χ1v) is 7.90. The van der Waals surface area contributed by atoms with Gasteiger partial charge in [0.2, 0.25) is 10.0 Å². The second-order valence-corrected chi connectivity index (χ2v) is 6.94. The van der Waals surface area contributed by atoms with Crippen LogP contribution in [-0.4, -0.2) is 25.4 Å². The van der Waals surface area contributed by atoms with Gasteiger partial charge in [-0.15, -0.1) is 0 Å². The van der Waals surface area contributed by atoms with E-state index in [9.17, 15) is 12.8 Å². The van der Waals surface area contributed by atoms with Gasteiger partial charge in [-0.3, -0.25) is 4.31 Å². The largest absolute Gasteiger partial charge is 0.339 e. The van der Waals surface area contributed by atoms with Gasteiger partial charge < -0.3 is 5.32 Å². The molecule has 0 amide bonds. The molecule has 0 bridgehead atoms. The molecule has 0 spiro atoms. The van der Waals surface area contributed by atoms with E-state index in [4.69, 9.17) is 11.6 Å². The molecule has 0 atom stereocenters. The lowest BCUT2D eigenvalue weighted by molar-refractivity contribution is 0.540. The van der Waals surface area contributed by atoms with E-state index in [1.807, 2.05) is 0 Å². The molecule has 2 heterocycles. The number of rotatable bonds is 2. The maximum absolute atomic E-state index is 13.0. The fourth-order valence-corrected chi connectivity index (χ4v) is 3.53. The Bertz CT molecular complexity index is 828. The fourth-order valence-electron chi connectivity index (χ4n) is 2.10. The lowest BCUT2D eigenvalue weighted by atomic mass is 10.2. The van der Waals surface area contributed by atoms with E-state index >= 15 is 0 Å². The van der Waals surface area contributed by atoms with Crippen LogP contribution < -0.4 is 9.62 Å². The van der Waals surface area contributed by atoms with Crippen LogP contribution in [0.25, 0.3) is 0 Å². The topological polar surface area (TPSA) is 75.2 Å². The lowest BCUT2D eigenvalue weighted by Gasteiger charge is -2.12. The summed E-state index contributed by atoms with van der Waals surface area (Å²) in [5.74, 6) is 0.0542. The second kappa shape index (κ2) is 4.81. The minimum absolute atomic E-state index is 0.0692. The molecule has 1 N–H and O–H groups in total. The first-order chi connectivity index (χ1) is 9.87. The Balaban J connectivity index is 1.95. The van der Waals surface area contributed by atoms with E-state index in [-0.39, 0.29) is 16.6 Å². The van der Waals surface area contributed by atoms with Crippen LogP contribution in [0.15, 0.2) is 24.4 Å². The molecule has 0 saturated carbocycles. The molecule has 0 unspecified atom stereocenters. The van der Waals surface area contributed by atoms with Crippen molar-refractivity contribution < 1.29 is 12.8 Å². The fraction of sp³-hybridized carbons (Fsp3) is 0.167. The van der Waals surface area contributed by atoms with E-state index in [1.165, 1.54) is 11.4 Å². The summed E-state index contributed by atoms with van der Waals surface area (Å²) < 4.78 is 37.9. The predicted molar refractivity (Wildman–Crippen MR) is 77.8 cm³/mol. The number of sulfonamides is 1. The molecule has 0 fully saturated rings. The van der Waals surface area contributed by atoms with Crippen LogP contribution >= 0.6 is 11.6 Å².